The van der Waals surface area contributed by atoms with Gasteiger partial charge in [-0.3, -0.25) is 4.99 Å². The summed E-state index contributed by atoms with van der Waals surface area (Å²) in [7, 11) is 0. The van der Waals surface area contributed by atoms with Crippen molar-refractivity contribution >= 4 is 6.21 Å². The van der Waals surface area contributed by atoms with Crippen molar-refractivity contribution in [1.82, 2.24) is 0 Å². The molecule has 0 aliphatic heterocycles. The summed E-state index contributed by atoms with van der Waals surface area (Å²) in [4.78, 5) is 4.85. The van der Waals surface area contributed by atoms with Crippen molar-refractivity contribution in [3.05, 3.63) is 24.2 Å². The standard InChI is InChI=1S/C15H19NO/c1-2-14(17-3-1)9-16-15-12-5-10-4-11(7-12)8-13(15)6-10/h1-3,9-13,15H,4-8H2. The number of nitrogens with zero attached hydrogens (tertiary/aromatic N) is 1. The topological polar surface area (TPSA) is 25.5 Å². The summed E-state index contributed by atoms with van der Waals surface area (Å²) >= 11 is 0. The van der Waals surface area contributed by atoms with E-state index in [4.69, 9.17) is 9.41 Å². The van der Waals surface area contributed by atoms with Crippen LogP contribution in [0.3, 0.4) is 0 Å². The number of hydrogen-bond donors (Lipinski definition) is 0. The third kappa shape index (κ3) is 1.65. The summed E-state index contributed by atoms with van der Waals surface area (Å²) in [5.74, 6) is 4.72. The van der Waals surface area contributed by atoms with Crippen LogP contribution < -0.4 is 0 Å². The minimum absolute atomic E-state index is 0.591. The maximum absolute atomic E-state index is 5.33. The zero-order chi connectivity index (χ0) is 11.2. The molecule has 0 aromatic carbocycles. The molecule has 1 heterocycles. The Kier molecular flexibility index (Phi) is 2.17. The molecule has 90 valence electrons. The molecule has 0 unspecified atom stereocenters. The van der Waals surface area contributed by atoms with Crippen LogP contribution >= 0.6 is 0 Å². The predicted molar refractivity (Wildman–Crippen MR) is 67.1 cm³/mol. The Balaban J connectivity index is 1.55. The van der Waals surface area contributed by atoms with E-state index in [1.807, 2.05) is 18.3 Å². The second-order valence-corrected chi connectivity index (χ2v) is 6.21. The van der Waals surface area contributed by atoms with Gasteiger partial charge < -0.3 is 4.42 Å². The summed E-state index contributed by atoms with van der Waals surface area (Å²) in [6.07, 6.45) is 10.9. The molecule has 0 radical (unpaired) electrons. The average molecular weight is 229 g/mol. The first-order valence-electron chi connectivity index (χ1n) is 6.95. The smallest absolute Gasteiger partial charge is 0.144 e. The largest absolute Gasteiger partial charge is 0.463 e. The molecule has 5 rings (SSSR count). The zero-order valence-corrected chi connectivity index (χ0v) is 10.1. The molecular formula is C15H19NO. The van der Waals surface area contributed by atoms with Gasteiger partial charge in [-0.2, -0.15) is 0 Å². The van der Waals surface area contributed by atoms with E-state index in [9.17, 15) is 0 Å². The summed E-state index contributed by atoms with van der Waals surface area (Å²) in [6.45, 7) is 0. The Morgan fingerprint density at radius 3 is 2.35 bits per heavy atom. The van der Waals surface area contributed by atoms with Crippen LogP contribution in [0.25, 0.3) is 0 Å². The normalized spacial score (nSPS) is 43.6. The van der Waals surface area contributed by atoms with Gasteiger partial charge in [-0.15, -0.1) is 0 Å². The fourth-order valence-electron chi connectivity index (χ4n) is 4.66. The highest BCUT2D eigenvalue weighted by atomic mass is 16.3. The predicted octanol–water partition coefficient (Wildman–Crippen LogP) is 3.52. The van der Waals surface area contributed by atoms with Crippen molar-refractivity contribution in [2.24, 2.45) is 28.7 Å². The Hall–Kier alpha value is -1.05. The molecule has 2 nitrogen and oxygen atoms in total. The number of furan rings is 1. The first-order valence-corrected chi connectivity index (χ1v) is 6.95. The third-order valence-corrected chi connectivity index (χ3v) is 5.09. The maximum Gasteiger partial charge on any atom is 0.144 e. The van der Waals surface area contributed by atoms with Gasteiger partial charge in [0.1, 0.15) is 5.76 Å². The molecule has 1 aromatic heterocycles. The van der Waals surface area contributed by atoms with Crippen LogP contribution in [0.1, 0.15) is 37.9 Å². The average Bonchev–Trinajstić information content (AvgIpc) is 2.80. The van der Waals surface area contributed by atoms with Crippen LogP contribution in [-0.4, -0.2) is 12.3 Å². The Morgan fingerprint density at radius 1 is 1.06 bits per heavy atom. The van der Waals surface area contributed by atoms with Gasteiger partial charge in [-0.1, -0.05) is 0 Å². The Bertz CT molecular complexity index is 392. The van der Waals surface area contributed by atoms with E-state index in [0.717, 1.165) is 29.4 Å². The van der Waals surface area contributed by atoms with Crippen LogP contribution in [0, 0.1) is 23.7 Å². The van der Waals surface area contributed by atoms with Crippen molar-refractivity contribution < 1.29 is 4.42 Å². The molecule has 4 aliphatic rings. The highest BCUT2D eigenvalue weighted by Crippen LogP contribution is 2.54. The molecule has 4 bridgehead atoms. The molecule has 4 fully saturated rings. The SMILES string of the molecule is C(=NC1C2CC3CC(C2)CC1C3)c1ccco1. The van der Waals surface area contributed by atoms with Crippen molar-refractivity contribution in [3.8, 4) is 0 Å². The molecule has 0 atom stereocenters. The van der Waals surface area contributed by atoms with E-state index < -0.39 is 0 Å². The van der Waals surface area contributed by atoms with Crippen molar-refractivity contribution in [2.75, 3.05) is 0 Å². The fraction of sp³-hybridized carbons (Fsp3) is 0.667. The summed E-state index contributed by atoms with van der Waals surface area (Å²) in [6, 6.07) is 4.51. The molecule has 2 heteroatoms. The van der Waals surface area contributed by atoms with Gasteiger partial charge in [-0.05, 0) is 67.9 Å². The second kappa shape index (κ2) is 3.72. The molecular weight excluding hydrogens is 210 g/mol. The first-order chi connectivity index (χ1) is 8.38. The molecule has 0 spiro atoms. The molecule has 0 N–H and O–H groups in total. The van der Waals surface area contributed by atoms with Crippen LogP contribution in [0.15, 0.2) is 27.8 Å². The monoisotopic (exact) mass is 229 g/mol. The van der Waals surface area contributed by atoms with Gasteiger partial charge in [0.15, 0.2) is 0 Å². The lowest BCUT2D eigenvalue weighted by atomic mass is 9.54. The van der Waals surface area contributed by atoms with Gasteiger partial charge in [0.05, 0.1) is 18.5 Å². The maximum atomic E-state index is 5.33. The van der Waals surface area contributed by atoms with Crippen LogP contribution in [0.5, 0.6) is 0 Å². The summed E-state index contributed by atoms with van der Waals surface area (Å²) < 4.78 is 5.33. The first kappa shape index (κ1) is 9.93. The summed E-state index contributed by atoms with van der Waals surface area (Å²) in [5.41, 5.74) is 0. The molecule has 4 saturated carbocycles. The van der Waals surface area contributed by atoms with Gasteiger partial charge in [0.25, 0.3) is 0 Å². The molecule has 1 aromatic rings. The third-order valence-electron chi connectivity index (χ3n) is 5.09. The highest BCUT2D eigenvalue weighted by Gasteiger charge is 2.47. The van der Waals surface area contributed by atoms with Crippen LogP contribution in [0.4, 0.5) is 0 Å². The fourth-order valence-corrected chi connectivity index (χ4v) is 4.66. The minimum atomic E-state index is 0.591. The second-order valence-electron chi connectivity index (χ2n) is 6.21. The molecule has 17 heavy (non-hydrogen) atoms. The Labute approximate surface area is 102 Å². The minimum Gasteiger partial charge on any atom is -0.463 e. The van der Waals surface area contributed by atoms with E-state index in [2.05, 4.69) is 0 Å². The number of hydrogen-bond acceptors (Lipinski definition) is 2. The zero-order valence-electron chi connectivity index (χ0n) is 10.1. The van der Waals surface area contributed by atoms with Gasteiger partial charge in [0, 0.05) is 0 Å². The van der Waals surface area contributed by atoms with Crippen LogP contribution in [0.2, 0.25) is 0 Å². The van der Waals surface area contributed by atoms with E-state index >= 15 is 0 Å². The highest BCUT2D eigenvalue weighted by molar-refractivity contribution is 5.75. The lowest BCUT2D eigenvalue weighted by molar-refractivity contribution is 0.00144. The van der Waals surface area contributed by atoms with Gasteiger partial charge in [-0.25, -0.2) is 0 Å². The molecule has 0 saturated heterocycles. The van der Waals surface area contributed by atoms with E-state index in [0.29, 0.717) is 6.04 Å². The molecule has 4 aliphatic carbocycles. The van der Waals surface area contributed by atoms with Crippen LogP contribution in [-0.2, 0) is 0 Å². The van der Waals surface area contributed by atoms with Crippen molar-refractivity contribution in [1.29, 1.82) is 0 Å². The molecule has 0 amide bonds. The van der Waals surface area contributed by atoms with E-state index in [1.54, 1.807) is 6.26 Å². The van der Waals surface area contributed by atoms with Crippen molar-refractivity contribution in [3.63, 3.8) is 0 Å². The lowest BCUT2D eigenvalue weighted by Gasteiger charge is -2.53. The van der Waals surface area contributed by atoms with Gasteiger partial charge >= 0.3 is 0 Å². The number of rotatable bonds is 2. The number of aliphatic imine (C=N–C) groups is 1. The lowest BCUT2D eigenvalue weighted by Crippen LogP contribution is -2.47. The van der Waals surface area contributed by atoms with Crippen molar-refractivity contribution in [2.45, 2.75) is 38.1 Å². The summed E-state index contributed by atoms with van der Waals surface area (Å²) in [5, 5.41) is 0. The quantitative estimate of drug-likeness (QED) is 0.712. The van der Waals surface area contributed by atoms with E-state index in [-0.39, 0.29) is 0 Å². The Morgan fingerprint density at radius 2 is 1.76 bits per heavy atom. The van der Waals surface area contributed by atoms with Gasteiger partial charge in [0.2, 0.25) is 0 Å². The van der Waals surface area contributed by atoms with E-state index in [1.165, 1.54) is 32.1 Å².